The highest BCUT2D eigenvalue weighted by molar-refractivity contribution is 5.68. The zero-order valence-electron chi connectivity index (χ0n) is 18.4. The summed E-state index contributed by atoms with van der Waals surface area (Å²) in [4.78, 5) is 16.7. The standard InChI is InChI=1S/C23H33N3O4/c1-16-19-9-18(12-26(13-19)22(28)30-23(2,3)4)11-25(16)14-20(27)15-29-21-7-5-17(10-24)6-8-21/h5-8,16,18-20,27H,9,11-15H2,1-4H3. The van der Waals surface area contributed by atoms with Crippen LogP contribution in [0.4, 0.5) is 4.79 Å². The molecule has 1 amide bonds. The van der Waals surface area contributed by atoms with Gasteiger partial charge in [-0.05, 0) is 70.2 Å². The Balaban J connectivity index is 1.50. The summed E-state index contributed by atoms with van der Waals surface area (Å²) in [6.45, 7) is 10.8. The first kappa shape index (κ1) is 22.4. The van der Waals surface area contributed by atoms with Gasteiger partial charge in [-0.15, -0.1) is 0 Å². The van der Waals surface area contributed by atoms with Crippen LogP contribution in [0.1, 0.15) is 39.7 Å². The van der Waals surface area contributed by atoms with Crippen molar-refractivity contribution in [2.45, 2.75) is 51.9 Å². The summed E-state index contributed by atoms with van der Waals surface area (Å²) >= 11 is 0. The number of hydrogen-bond donors (Lipinski definition) is 1. The Labute approximate surface area is 179 Å². The van der Waals surface area contributed by atoms with Gasteiger partial charge in [0.15, 0.2) is 0 Å². The molecule has 30 heavy (non-hydrogen) atoms. The molecule has 1 aromatic rings. The number of carbonyl (C=O) groups excluding carboxylic acids is 1. The summed E-state index contributed by atoms with van der Waals surface area (Å²) in [7, 11) is 0. The number of hydrogen-bond acceptors (Lipinski definition) is 6. The highest BCUT2D eigenvalue weighted by atomic mass is 16.6. The van der Waals surface area contributed by atoms with Crippen LogP contribution in [-0.4, -0.2) is 71.5 Å². The molecule has 4 unspecified atom stereocenters. The van der Waals surface area contributed by atoms with Crippen LogP contribution in [0.3, 0.4) is 0 Å². The summed E-state index contributed by atoms with van der Waals surface area (Å²) in [5, 5.41) is 19.4. The van der Waals surface area contributed by atoms with Gasteiger partial charge in [0.1, 0.15) is 24.1 Å². The van der Waals surface area contributed by atoms with Crippen molar-refractivity contribution in [2.75, 3.05) is 32.8 Å². The number of nitriles is 1. The van der Waals surface area contributed by atoms with E-state index in [2.05, 4.69) is 17.9 Å². The Hall–Kier alpha value is -2.30. The van der Waals surface area contributed by atoms with Gasteiger partial charge in [0, 0.05) is 32.2 Å². The van der Waals surface area contributed by atoms with Crippen molar-refractivity contribution in [3.8, 4) is 11.8 Å². The maximum absolute atomic E-state index is 12.5. The molecule has 2 saturated heterocycles. The minimum atomic E-state index is -0.608. The number of β-amino-alcohol motifs (C(OH)–C–C–N with tert-alkyl or cyclic N) is 1. The average Bonchev–Trinajstić information content (AvgIpc) is 2.69. The third kappa shape index (κ3) is 5.87. The predicted molar refractivity (Wildman–Crippen MR) is 113 cm³/mol. The number of piperidine rings is 2. The second-order valence-corrected chi connectivity index (χ2v) is 9.54. The van der Waals surface area contributed by atoms with Gasteiger partial charge >= 0.3 is 6.09 Å². The maximum atomic E-state index is 12.5. The molecule has 2 heterocycles. The minimum Gasteiger partial charge on any atom is -0.491 e. The molecule has 0 aliphatic carbocycles. The van der Waals surface area contributed by atoms with E-state index in [0.29, 0.717) is 42.8 Å². The van der Waals surface area contributed by atoms with E-state index >= 15 is 0 Å². The fourth-order valence-corrected chi connectivity index (χ4v) is 4.38. The fourth-order valence-electron chi connectivity index (χ4n) is 4.38. The molecule has 1 N–H and O–H groups in total. The Morgan fingerprint density at radius 2 is 1.97 bits per heavy atom. The molecule has 0 aromatic heterocycles. The molecule has 4 atom stereocenters. The van der Waals surface area contributed by atoms with Gasteiger partial charge in [-0.1, -0.05) is 0 Å². The van der Waals surface area contributed by atoms with E-state index in [4.69, 9.17) is 14.7 Å². The molecule has 3 rings (SSSR count). The molecule has 2 aliphatic rings. The lowest BCUT2D eigenvalue weighted by Gasteiger charge is -2.50. The van der Waals surface area contributed by atoms with Gasteiger partial charge in [-0.3, -0.25) is 4.90 Å². The number of amides is 1. The molecular weight excluding hydrogens is 382 g/mol. The Bertz CT molecular complexity index is 768. The van der Waals surface area contributed by atoms with Crippen molar-refractivity contribution in [1.82, 2.24) is 9.80 Å². The third-order valence-corrected chi connectivity index (χ3v) is 5.84. The molecule has 0 radical (unpaired) electrons. The van der Waals surface area contributed by atoms with Crippen molar-refractivity contribution in [3.05, 3.63) is 29.8 Å². The number of carbonyl (C=O) groups is 1. The molecule has 7 heteroatoms. The van der Waals surface area contributed by atoms with Crippen LogP contribution < -0.4 is 4.74 Å². The summed E-state index contributed by atoms with van der Waals surface area (Å²) in [6.07, 6.45) is 0.270. The van der Waals surface area contributed by atoms with Crippen molar-refractivity contribution < 1.29 is 19.4 Å². The lowest BCUT2D eigenvalue weighted by molar-refractivity contribution is -0.0415. The summed E-state index contributed by atoms with van der Waals surface area (Å²) in [5.74, 6) is 1.40. The minimum absolute atomic E-state index is 0.203. The zero-order chi connectivity index (χ0) is 21.9. The van der Waals surface area contributed by atoms with Gasteiger partial charge in [0.2, 0.25) is 0 Å². The van der Waals surface area contributed by atoms with E-state index < -0.39 is 11.7 Å². The summed E-state index contributed by atoms with van der Waals surface area (Å²) in [6, 6.07) is 9.23. The second kappa shape index (κ2) is 9.23. The topological polar surface area (TPSA) is 86.0 Å². The molecule has 0 spiro atoms. The Morgan fingerprint density at radius 3 is 2.60 bits per heavy atom. The van der Waals surface area contributed by atoms with Crippen molar-refractivity contribution >= 4 is 6.09 Å². The van der Waals surface area contributed by atoms with Crippen LogP contribution in [-0.2, 0) is 4.74 Å². The number of rotatable bonds is 5. The highest BCUT2D eigenvalue weighted by Gasteiger charge is 2.41. The Kier molecular flexibility index (Phi) is 6.89. The third-order valence-electron chi connectivity index (χ3n) is 5.84. The lowest BCUT2D eigenvalue weighted by atomic mass is 9.80. The molecule has 164 valence electrons. The molecular formula is C23H33N3O4. The van der Waals surface area contributed by atoms with Crippen LogP contribution in [0.5, 0.6) is 5.75 Å². The predicted octanol–water partition coefficient (Wildman–Crippen LogP) is 2.88. The number of nitrogens with zero attached hydrogens (tertiary/aromatic N) is 3. The van der Waals surface area contributed by atoms with Crippen LogP contribution in [0.15, 0.2) is 24.3 Å². The number of fused-ring (bicyclic) bond motifs is 2. The number of aliphatic hydroxyl groups is 1. The van der Waals surface area contributed by atoms with Gasteiger partial charge in [0.05, 0.1) is 11.6 Å². The van der Waals surface area contributed by atoms with Crippen molar-refractivity contribution in [3.63, 3.8) is 0 Å². The quantitative estimate of drug-likeness (QED) is 0.796. The van der Waals surface area contributed by atoms with E-state index in [0.717, 1.165) is 13.0 Å². The van der Waals surface area contributed by atoms with Crippen LogP contribution in [0.25, 0.3) is 0 Å². The first-order valence-electron chi connectivity index (χ1n) is 10.7. The van der Waals surface area contributed by atoms with Gasteiger partial charge in [0.25, 0.3) is 0 Å². The summed E-state index contributed by atoms with van der Waals surface area (Å²) < 4.78 is 11.2. The van der Waals surface area contributed by atoms with E-state index in [1.54, 1.807) is 24.3 Å². The van der Waals surface area contributed by atoms with E-state index in [9.17, 15) is 9.90 Å². The average molecular weight is 416 g/mol. The number of ether oxygens (including phenoxy) is 2. The Morgan fingerprint density at radius 1 is 1.27 bits per heavy atom. The van der Waals surface area contributed by atoms with Gasteiger partial charge in [-0.25, -0.2) is 4.79 Å². The van der Waals surface area contributed by atoms with E-state index in [1.165, 1.54) is 0 Å². The monoisotopic (exact) mass is 415 g/mol. The molecule has 2 bridgehead atoms. The van der Waals surface area contributed by atoms with Crippen molar-refractivity contribution in [1.29, 1.82) is 5.26 Å². The normalized spacial score (nSPS) is 25.3. The number of aliphatic hydroxyl groups excluding tert-OH is 1. The molecule has 2 aliphatic heterocycles. The first-order chi connectivity index (χ1) is 14.1. The smallest absolute Gasteiger partial charge is 0.410 e. The molecule has 2 fully saturated rings. The largest absolute Gasteiger partial charge is 0.491 e. The van der Waals surface area contributed by atoms with Crippen LogP contribution in [0.2, 0.25) is 0 Å². The fraction of sp³-hybridized carbons (Fsp3) is 0.652. The van der Waals surface area contributed by atoms with E-state index in [-0.39, 0.29) is 18.7 Å². The van der Waals surface area contributed by atoms with Gasteiger partial charge in [-0.2, -0.15) is 5.26 Å². The molecule has 7 nitrogen and oxygen atoms in total. The first-order valence-corrected chi connectivity index (χ1v) is 10.7. The highest BCUT2D eigenvalue weighted by Crippen LogP contribution is 2.33. The number of likely N-dealkylation sites (tertiary alicyclic amines) is 2. The molecule has 0 saturated carbocycles. The van der Waals surface area contributed by atoms with Crippen molar-refractivity contribution in [2.24, 2.45) is 11.8 Å². The molecule has 1 aromatic carbocycles. The second-order valence-electron chi connectivity index (χ2n) is 9.54. The number of benzene rings is 1. The zero-order valence-corrected chi connectivity index (χ0v) is 18.4. The van der Waals surface area contributed by atoms with Crippen LogP contribution in [0, 0.1) is 23.2 Å². The maximum Gasteiger partial charge on any atom is 0.410 e. The lowest BCUT2D eigenvalue weighted by Crippen LogP contribution is -2.59. The van der Waals surface area contributed by atoms with E-state index in [1.807, 2.05) is 25.7 Å². The summed E-state index contributed by atoms with van der Waals surface area (Å²) in [5.41, 5.74) is 0.0948. The van der Waals surface area contributed by atoms with Crippen LogP contribution >= 0.6 is 0 Å². The van der Waals surface area contributed by atoms with Gasteiger partial charge < -0.3 is 19.5 Å². The SMILES string of the molecule is CC1C2CC(CN(C(=O)OC(C)(C)C)C2)CN1CC(O)COc1ccc(C#N)cc1.